The molecule has 0 aliphatic heterocycles. The molecule has 0 spiro atoms. The number of alkyl halides is 3. The molecule has 0 radical (unpaired) electrons. The van der Waals surface area contributed by atoms with Crippen LogP contribution in [0.1, 0.15) is 22.9 Å². The van der Waals surface area contributed by atoms with Crippen LogP contribution in [0.4, 0.5) is 13.2 Å². The standard InChI is InChI=1S/C14H14F3N3O/c1-18-13(11-7-12(21-2)20-8-19-11)9-5-3-4-6-10(9)14(15,16)17/h3-8,13,18H,1-2H3. The van der Waals surface area contributed by atoms with E-state index in [4.69, 9.17) is 4.74 Å². The molecule has 2 aromatic rings. The normalized spacial score (nSPS) is 13.0. The van der Waals surface area contributed by atoms with E-state index >= 15 is 0 Å². The van der Waals surface area contributed by atoms with Crippen molar-refractivity contribution >= 4 is 0 Å². The van der Waals surface area contributed by atoms with E-state index in [1.165, 1.54) is 31.6 Å². The molecule has 21 heavy (non-hydrogen) atoms. The molecule has 2 rings (SSSR count). The van der Waals surface area contributed by atoms with Gasteiger partial charge in [0.25, 0.3) is 0 Å². The van der Waals surface area contributed by atoms with Crippen LogP contribution in [0.3, 0.4) is 0 Å². The molecule has 1 aromatic carbocycles. The van der Waals surface area contributed by atoms with Gasteiger partial charge < -0.3 is 10.1 Å². The molecule has 4 nitrogen and oxygen atoms in total. The van der Waals surface area contributed by atoms with Gasteiger partial charge in [-0.25, -0.2) is 9.97 Å². The van der Waals surface area contributed by atoms with Crippen molar-refractivity contribution in [3.8, 4) is 5.88 Å². The first kappa shape index (κ1) is 15.2. The first-order chi connectivity index (χ1) is 9.97. The summed E-state index contributed by atoms with van der Waals surface area (Å²) in [5.41, 5.74) is -0.184. The van der Waals surface area contributed by atoms with E-state index in [1.807, 2.05) is 0 Å². The third-order valence-corrected chi connectivity index (χ3v) is 3.03. The van der Waals surface area contributed by atoms with E-state index in [-0.39, 0.29) is 5.56 Å². The molecule has 0 saturated carbocycles. The smallest absolute Gasteiger partial charge is 0.416 e. The van der Waals surface area contributed by atoms with Crippen molar-refractivity contribution in [1.29, 1.82) is 0 Å². The summed E-state index contributed by atoms with van der Waals surface area (Å²) in [4.78, 5) is 7.89. The maximum atomic E-state index is 13.1. The van der Waals surface area contributed by atoms with Gasteiger partial charge in [-0.05, 0) is 18.7 Å². The van der Waals surface area contributed by atoms with Crippen LogP contribution in [0.2, 0.25) is 0 Å². The van der Waals surface area contributed by atoms with Crippen molar-refractivity contribution in [1.82, 2.24) is 15.3 Å². The fourth-order valence-electron chi connectivity index (χ4n) is 2.09. The highest BCUT2D eigenvalue weighted by molar-refractivity contribution is 5.37. The van der Waals surface area contributed by atoms with Crippen LogP contribution in [0.15, 0.2) is 36.7 Å². The lowest BCUT2D eigenvalue weighted by molar-refractivity contribution is -0.138. The molecule has 0 fully saturated rings. The number of ether oxygens (including phenoxy) is 1. The molecular weight excluding hydrogens is 283 g/mol. The molecule has 1 atom stereocenters. The molecule has 0 aliphatic rings. The highest BCUT2D eigenvalue weighted by atomic mass is 19.4. The number of hydrogen-bond acceptors (Lipinski definition) is 4. The summed E-state index contributed by atoms with van der Waals surface area (Å²) in [6, 6.07) is 6.21. The first-order valence-electron chi connectivity index (χ1n) is 6.16. The minimum atomic E-state index is -4.43. The summed E-state index contributed by atoms with van der Waals surface area (Å²) in [5, 5.41) is 2.85. The number of aromatic nitrogens is 2. The van der Waals surface area contributed by atoms with Gasteiger partial charge in [-0.1, -0.05) is 18.2 Å². The predicted molar refractivity (Wildman–Crippen MR) is 70.9 cm³/mol. The lowest BCUT2D eigenvalue weighted by atomic mass is 9.97. The van der Waals surface area contributed by atoms with Gasteiger partial charge in [-0.3, -0.25) is 0 Å². The number of methoxy groups -OCH3 is 1. The third-order valence-electron chi connectivity index (χ3n) is 3.03. The average Bonchev–Trinajstić information content (AvgIpc) is 2.48. The molecule has 0 aliphatic carbocycles. The second-order valence-corrected chi connectivity index (χ2v) is 4.29. The lowest BCUT2D eigenvalue weighted by Gasteiger charge is -2.21. The van der Waals surface area contributed by atoms with Crippen molar-refractivity contribution in [2.45, 2.75) is 12.2 Å². The van der Waals surface area contributed by atoms with E-state index in [0.29, 0.717) is 11.6 Å². The predicted octanol–water partition coefficient (Wildman–Crippen LogP) is 2.81. The summed E-state index contributed by atoms with van der Waals surface area (Å²) < 4.78 is 44.3. The molecule has 1 unspecified atom stereocenters. The summed E-state index contributed by atoms with van der Waals surface area (Å²) in [5.74, 6) is 0.296. The van der Waals surface area contributed by atoms with Crippen molar-refractivity contribution in [3.05, 3.63) is 53.5 Å². The van der Waals surface area contributed by atoms with Crippen LogP contribution in [-0.4, -0.2) is 24.1 Å². The van der Waals surface area contributed by atoms with Gasteiger partial charge >= 0.3 is 6.18 Å². The summed E-state index contributed by atoms with van der Waals surface area (Å²) in [6.45, 7) is 0. The summed E-state index contributed by atoms with van der Waals surface area (Å²) in [6.07, 6.45) is -3.17. The van der Waals surface area contributed by atoms with Gasteiger partial charge in [0.1, 0.15) is 6.33 Å². The third kappa shape index (κ3) is 3.30. The zero-order chi connectivity index (χ0) is 15.5. The average molecular weight is 297 g/mol. The Labute approximate surface area is 120 Å². The monoisotopic (exact) mass is 297 g/mol. The van der Waals surface area contributed by atoms with Crippen molar-refractivity contribution in [2.75, 3.05) is 14.2 Å². The van der Waals surface area contributed by atoms with Crippen molar-refractivity contribution in [3.63, 3.8) is 0 Å². The number of hydrogen-bond donors (Lipinski definition) is 1. The number of benzene rings is 1. The fourth-order valence-corrected chi connectivity index (χ4v) is 2.09. The molecule has 1 heterocycles. The maximum Gasteiger partial charge on any atom is 0.416 e. The second kappa shape index (κ2) is 6.09. The SMILES string of the molecule is CNC(c1cc(OC)ncn1)c1ccccc1C(F)(F)F. The Bertz CT molecular complexity index is 616. The van der Waals surface area contributed by atoms with Gasteiger partial charge in [-0.15, -0.1) is 0 Å². The lowest BCUT2D eigenvalue weighted by Crippen LogP contribution is -2.23. The second-order valence-electron chi connectivity index (χ2n) is 4.29. The Balaban J connectivity index is 2.51. The van der Waals surface area contributed by atoms with Crippen molar-refractivity contribution < 1.29 is 17.9 Å². The first-order valence-corrected chi connectivity index (χ1v) is 6.16. The van der Waals surface area contributed by atoms with Gasteiger partial charge in [0.15, 0.2) is 0 Å². The topological polar surface area (TPSA) is 47.0 Å². The summed E-state index contributed by atoms with van der Waals surface area (Å²) >= 11 is 0. The summed E-state index contributed by atoms with van der Waals surface area (Å²) in [7, 11) is 3.01. The minimum Gasteiger partial charge on any atom is -0.481 e. The zero-order valence-corrected chi connectivity index (χ0v) is 11.5. The molecule has 0 amide bonds. The van der Waals surface area contributed by atoms with Crippen molar-refractivity contribution in [2.24, 2.45) is 0 Å². The zero-order valence-electron chi connectivity index (χ0n) is 11.5. The van der Waals surface area contributed by atoms with E-state index in [0.717, 1.165) is 6.07 Å². The van der Waals surface area contributed by atoms with Crippen LogP contribution < -0.4 is 10.1 Å². The van der Waals surface area contributed by atoms with E-state index in [2.05, 4.69) is 15.3 Å². The van der Waals surface area contributed by atoms with Crippen LogP contribution in [-0.2, 0) is 6.18 Å². The number of halogens is 3. The van der Waals surface area contributed by atoms with E-state index in [9.17, 15) is 13.2 Å². The minimum absolute atomic E-state index is 0.105. The molecule has 0 saturated heterocycles. The van der Waals surface area contributed by atoms with Gasteiger partial charge in [0, 0.05) is 6.07 Å². The van der Waals surface area contributed by atoms with Crippen LogP contribution in [0, 0.1) is 0 Å². The molecule has 1 N–H and O–H groups in total. The Hall–Kier alpha value is -2.15. The fraction of sp³-hybridized carbons (Fsp3) is 0.286. The molecule has 7 heteroatoms. The van der Waals surface area contributed by atoms with Gasteiger partial charge in [-0.2, -0.15) is 13.2 Å². The van der Waals surface area contributed by atoms with Crippen LogP contribution in [0.5, 0.6) is 5.88 Å². The Kier molecular flexibility index (Phi) is 4.42. The van der Waals surface area contributed by atoms with E-state index < -0.39 is 17.8 Å². The highest BCUT2D eigenvalue weighted by Gasteiger charge is 2.35. The van der Waals surface area contributed by atoms with Crippen LogP contribution in [0.25, 0.3) is 0 Å². The Morgan fingerprint density at radius 1 is 1.19 bits per heavy atom. The molecular formula is C14H14F3N3O. The quantitative estimate of drug-likeness (QED) is 0.942. The molecule has 0 bridgehead atoms. The number of nitrogens with zero attached hydrogens (tertiary/aromatic N) is 2. The van der Waals surface area contributed by atoms with E-state index in [1.54, 1.807) is 13.1 Å². The van der Waals surface area contributed by atoms with Crippen LogP contribution >= 0.6 is 0 Å². The Morgan fingerprint density at radius 3 is 2.52 bits per heavy atom. The maximum absolute atomic E-state index is 13.1. The van der Waals surface area contributed by atoms with Gasteiger partial charge in [0.2, 0.25) is 5.88 Å². The largest absolute Gasteiger partial charge is 0.481 e. The van der Waals surface area contributed by atoms with Gasteiger partial charge in [0.05, 0.1) is 24.4 Å². The highest BCUT2D eigenvalue weighted by Crippen LogP contribution is 2.36. The molecule has 112 valence electrons. The number of rotatable bonds is 4. The number of nitrogens with one attached hydrogen (secondary N) is 1. The Morgan fingerprint density at radius 2 is 1.90 bits per heavy atom. The molecule has 1 aromatic heterocycles.